The molecule has 1 aliphatic carbocycles. The summed E-state index contributed by atoms with van der Waals surface area (Å²) in [6, 6.07) is 4.20. The molecule has 0 bridgehead atoms. The van der Waals surface area contributed by atoms with Crippen molar-refractivity contribution < 1.29 is 18.8 Å². The molecule has 5 rings (SSSR count). The smallest absolute Gasteiger partial charge is 0.293 e. The maximum atomic E-state index is 14.7. The van der Waals surface area contributed by atoms with Gasteiger partial charge in [-0.2, -0.15) is 0 Å². The van der Waals surface area contributed by atoms with E-state index < -0.39 is 34.9 Å². The van der Waals surface area contributed by atoms with Crippen LogP contribution in [-0.2, 0) is 16.9 Å². The summed E-state index contributed by atoms with van der Waals surface area (Å²) in [5, 5.41) is 13.3. The maximum Gasteiger partial charge on any atom is 0.293 e. The molecule has 2 aliphatic rings. The van der Waals surface area contributed by atoms with Crippen LogP contribution in [0.15, 0.2) is 24.4 Å². The number of carbonyl (C=O) groups is 3. The Hall–Kier alpha value is -3.53. The second-order valence-electron chi connectivity index (χ2n) is 8.49. The van der Waals surface area contributed by atoms with E-state index in [4.69, 9.17) is 17.3 Å². The van der Waals surface area contributed by atoms with Crippen molar-refractivity contribution in [2.75, 3.05) is 0 Å². The molecule has 1 fully saturated rings. The molecule has 1 aliphatic heterocycles. The molecule has 1 unspecified atom stereocenters. The second kappa shape index (κ2) is 7.51. The molecule has 2 amide bonds. The lowest BCUT2D eigenvalue weighted by Gasteiger charge is -2.17. The van der Waals surface area contributed by atoms with Crippen molar-refractivity contribution in [3.8, 4) is 0 Å². The minimum atomic E-state index is -0.827. The van der Waals surface area contributed by atoms with Crippen molar-refractivity contribution >= 4 is 29.2 Å². The molecule has 3 aromatic rings. The monoisotopic (exact) mass is 470 g/mol. The Kier molecular flexibility index (Phi) is 4.86. The van der Waals surface area contributed by atoms with Gasteiger partial charge in [-0.25, -0.2) is 4.39 Å². The van der Waals surface area contributed by atoms with E-state index in [2.05, 4.69) is 20.7 Å². The van der Waals surface area contributed by atoms with Gasteiger partial charge in [-0.3, -0.25) is 19.5 Å². The number of halogens is 2. The molecule has 33 heavy (non-hydrogen) atoms. The van der Waals surface area contributed by atoms with Crippen LogP contribution in [0.3, 0.4) is 0 Å². The van der Waals surface area contributed by atoms with E-state index in [0.717, 1.165) is 0 Å². The minimum Gasteiger partial charge on any atom is -0.364 e. The standard InChI is InChI=1S/C22H20ClFN6O3/c1-10-16(19(31)21(33)27-22(5-6-22)15-9-26-29-28-15)18-12(4-7-30(18)17(10)20(25)32)13-8-11(23)2-3-14(13)24/h2-3,8-9,12H,4-7H2,1H3,(H2,25,32)(H,27,33)(H,26,28,29). The van der Waals surface area contributed by atoms with Crippen LogP contribution in [0.25, 0.3) is 0 Å². The van der Waals surface area contributed by atoms with E-state index in [0.29, 0.717) is 53.3 Å². The Morgan fingerprint density at radius 3 is 2.73 bits per heavy atom. The SMILES string of the molecule is Cc1c(C(=O)C(=O)NC2(c3cnn[nH]3)CC2)c2n(c1C(N)=O)CCC2c1cc(Cl)ccc1F. The molecule has 1 saturated carbocycles. The summed E-state index contributed by atoms with van der Waals surface area (Å²) in [4.78, 5) is 38.7. The van der Waals surface area contributed by atoms with E-state index in [1.807, 2.05) is 0 Å². The van der Waals surface area contributed by atoms with E-state index in [1.54, 1.807) is 11.5 Å². The van der Waals surface area contributed by atoms with Crippen molar-refractivity contribution in [1.29, 1.82) is 0 Å². The summed E-state index contributed by atoms with van der Waals surface area (Å²) >= 11 is 6.10. The Labute approximate surface area is 192 Å². The lowest BCUT2D eigenvalue weighted by molar-refractivity contribution is -0.118. The Morgan fingerprint density at radius 1 is 1.33 bits per heavy atom. The molecule has 170 valence electrons. The number of hydrogen-bond acceptors (Lipinski definition) is 5. The van der Waals surface area contributed by atoms with Gasteiger partial charge in [0.1, 0.15) is 11.5 Å². The lowest BCUT2D eigenvalue weighted by Crippen LogP contribution is -2.40. The minimum absolute atomic E-state index is 0.0710. The third kappa shape index (κ3) is 3.32. The summed E-state index contributed by atoms with van der Waals surface area (Å²) in [7, 11) is 0. The van der Waals surface area contributed by atoms with Crippen molar-refractivity contribution in [2.24, 2.45) is 5.73 Å². The van der Waals surface area contributed by atoms with Gasteiger partial charge in [0.2, 0.25) is 0 Å². The Morgan fingerprint density at radius 2 is 2.09 bits per heavy atom. The molecular formula is C22H20ClFN6O3. The number of nitrogens with two attached hydrogens (primary N) is 1. The number of aromatic amines is 1. The van der Waals surface area contributed by atoms with Crippen LogP contribution in [0.1, 0.15) is 68.5 Å². The van der Waals surface area contributed by atoms with Crippen LogP contribution in [0.5, 0.6) is 0 Å². The Balaban J connectivity index is 1.57. The summed E-state index contributed by atoms with van der Waals surface area (Å²) < 4.78 is 16.3. The van der Waals surface area contributed by atoms with Gasteiger partial charge < -0.3 is 15.6 Å². The largest absolute Gasteiger partial charge is 0.364 e. The Bertz CT molecular complexity index is 1310. The molecule has 4 N–H and O–H groups in total. The van der Waals surface area contributed by atoms with Crippen LogP contribution in [0.2, 0.25) is 5.02 Å². The third-order valence-corrected chi connectivity index (χ3v) is 6.79. The number of rotatable bonds is 6. The topological polar surface area (TPSA) is 136 Å². The quantitative estimate of drug-likeness (QED) is 0.375. The zero-order valence-corrected chi connectivity index (χ0v) is 18.4. The number of ketones is 1. The van der Waals surface area contributed by atoms with E-state index in [-0.39, 0.29) is 11.3 Å². The number of primary amides is 1. The number of hydrogen-bond donors (Lipinski definition) is 3. The highest BCUT2D eigenvalue weighted by Crippen LogP contribution is 2.45. The summed E-state index contributed by atoms with van der Waals surface area (Å²) in [6.07, 6.45) is 3.19. The van der Waals surface area contributed by atoms with E-state index in [1.165, 1.54) is 24.4 Å². The number of H-pyrrole nitrogens is 1. The average Bonchev–Trinajstić information content (AvgIpc) is 3.11. The first-order valence-corrected chi connectivity index (χ1v) is 10.8. The van der Waals surface area contributed by atoms with Crippen molar-refractivity contribution in [1.82, 2.24) is 25.3 Å². The molecule has 9 nitrogen and oxygen atoms in total. The molecule has 3 heterocycles. The van der Waals surface area contributed by atoms with Crippen LogP contribution >= 0.6 is 11.6 Å². The van der Waals surface area contributed by atoms with Crippen molar-refractivity contribution in [2.45, 2.75) is 44.2 Å². The maximum absolute atomic E-state index is 14.7. The predicted molar refractivity (Wildman–Crippen MR) is 115 cm³/mol. The van der Waals surface area contributed by atoms with Gasteiger partial charge >= 0.3 is 0 Å². The molecule has 0 saturated heterocycles. The number of nitrogens with zero attached hydrogens (tertiary/aromatic N) is 3. The summed E-state index contributed by atoms with van der Waals surface area (Å²) in [5.41, 5.74) is 6.71. The van der Waals surface area contributed by atoms with Gasteiger partial charge in [0.05, 0.1) is 23.0 Å². The van der Waals surface area contributed by atoms with Gasteiger partial charge in [-0.1, -0.05) is 16.8 Å². The number of carbonyl (C=O) groups excluding carboxylic acids is 3. The van der Waals surface area contributed by atoms with Gasteiger partial charge in [-0.05, 0) is 55.5 Å². The number of Topliss-reactive ketones (excluding diaryl/α,β-unsaturated/α-hetero) is 1. The highest BCUT2D eigenvalue weighted by Gasteiger charge is 2.49. The molecule has 2 aromatic heterocycles. The van der Waals surface area contributed by atoms with Crippen LogP contribution in [0.4, 0.5) is 4.39 Å². The number of fused-ring (bicyclic) bond motifs is 1. The zero-order valence-electron chi connectivity index (χ0n) is 17.6. The fourth-order valence-electron chi connectivity index (χ4n) is 4.85. The first-order valence-electron chi connectivity index (χ1n) is 10.4. The molecule has 1 aromatic carbocycles. The number of nitrogens with one attached hydrogen (secondary N) is 2. The molecule has 0 spiro atoms. The highest BCUT2D eigenvalue weighted by atomic mass is 35.5. The number of benzene rings is 1. The first-order chi connectivity index (χ1) is 15.7. The average molecular weight is 471 g/mol. The number of amides is 2. The van der Waals surface area contributed by atoms with Gasteiger partial charge in [-0.15, -0.1) is 5.10 Å². The third-order valence-electron chi connectivity index (χ3n) is 6.55. The van der Waals surface area contributed by atoms with Crippen molar-refractivity contribution in [3.63, 3.8) is 0 Å². The lowest BCUT2D eigenvalue weighted by atomic mass is 9.89. The van der Waals surface area contributed by atoms with Gasteiger partial charge in [0.15, 0.2) is 0 Å². The molecule has 0 radical (unpaired) electrons. The summed E-state index contributed by atoms with van der Waals surface area (Å²) in [6.45, 7) is 1.92. The molecule has 1 atom stereocenters. The van der Waals surface area contributed by atoms with E-state index >= 15 is 0 Å². The number of aromatic nitrogens is 4. The van der Waals surface area contributed by atoms with Crippen molar-refractivity contribution in [3.05, 3.63) is 69.0 Å². The first kappa shape index (κ1) is 21.3. The van der Waals surface area contributed by atoms with Gasteiger partial charge in [0, 0.05) is 23.2 Å². The molecule has 11 heteroatoms. The van der Waals surface area contributed by atoms with Crippen LogP contribution < -0.4 is 11.1 Å². The highest BCUT2D eigenvalue weighted by molar-refractivity contribution is 6.44. The second-order valence-corrected chi connectivity index (χ2v) is 8.93. The van der Waals surface area contributed by atoms with E-state index in [9.17, 15) is 18.8 Å². The normalized spacial score (nSPS) is 18.1. The van der Waals surface area contributed by atoms with Gasteiger partial charge in [0.25, 0.3) is 17.6 Å². The van der Waals surface area contributed by atoms with Crippen LogP contribution in [-0.4, -0.2) is 37.6 Å². The predicted octanol–water partition coefficient (Wildman–Crippen LogP) is 2.33. The van der Waals surface area contributed by atoms with Crippen LogP contribution in [0, 0.1) is 12.7 Å². The fourth-order valence-corrected chi connectivity index (χ4v) is 5.03. The zero-order chi connectivity index (χ0) is 23.5. The fraction of sp³-hybridized carbons (Fsp3) is 0.318. The molecular weight excluding hydrogens is 451 g/mol. The summed E-state index contributed by atoms with van der Waals surface area (Å²) in [5.74, 6) is -3.40.